The molecule has 0 bridgehead atoms. The van der Waals surface area contributed by atoms with E-state index in [1.807, 2.05) is 19.2 Å². The monoisotopic (exact) mass is 344 g/mol. The molecule has 136 valence electrons. The van der Waals surface area contributed by atoms with Crippen LogP contribution in [0.5, 0.6) is 0 Å². The highest BCUT2D eigenvalue weighted by Crippen LogP contribution is 2.22. The molecule has 2 heterocycles. The van der Waals surface area contributed by atoms with Gasteiger partial charge in [-0.2, -0.15) is 5.10 Å². The molecule has 3 rings (SSSR count). The lowest BCUT2D eigenvalue weighted by atomic mass is 9.89. The van der Waals surface area contributed by atoms with E-state index in [9.17, 15) is 0 Å². The summed E-state index contributed by atoms with van der Waals surface area (Å²) >= 11 is 0. The number of rotatable bonds is 7. The van der Waals surface area contributed by atoms with Crippen LogP contribution in [0.1, 0.15) is 43.7 Å². The zero-order valence-electron chi connectivity index (χ0n) is 14.9. The van der Waals surface area contributed by atoms with Gasteiger partial charge in [-0.05, 0) is 30.9 Å². The summed E-state index contributed by atoms with van der Waals surface area (Å²) in [5, 5.41) is 11.0. The van der Waals surface area contributed by atoms with Gasteiger partial charge in [-0.3, -0.25) is 4.68 Å². The molecule has 2 aromatic rings. The molecule has 2 N–H and O–H groups in total. The Bertz CT molecular complexity index is 642. The first-order valence-electron chi connectivity index (χ1n) is 9.18. The molecule has 1 fully saturated rings. The molecule has 0 radical (unpaired) electrons. The average molecular weight is 344 g/mol. The predicted octanol–water partition coefficient (Wildman–Crippen LogP) is 2.27. The molecule has 7 heteroatoms. The summed E-state index contributed by atoms with van der Waals surface area (Å²) in [6, 6.07) is 3.91. The maximum atomic E-state index is 5.38. The first-order valence-corrected chi connectivity index (χ1v) is 9.18. The lowest BCUT2D eigenvalue weighted by Gasteiger charge is -2.23. The smallest absolute Gasteiger partial charge is 0.191 e. The molecule has 0 saturated heterocycles. The summed E-state index contributed by atoms with van der Waals surface area (Å²) in [6.07, 6.45) is 10.8. The number of hydrogen-bond donors (Lipinski definition) is 2. The van der Waals surface area contributed by atoms with E-state index in [-0.39, 0.29) is 0 Å². The molecular formula is C18H28N6O. The van der Waals surface area contributed by atoms with E-state index < -0.39 is 0 Å². The second-order valence-corrected chi connectivity index (χ2v) is 6.61. The van der Waals surface area contributed by atoms with Crippen LogP contribution in [-0.2, 0) is 20.0 Å². The van der Waals surface area contributed by atoms with Crippen molar-refractivity contribution in [1.82, 2.24) is 25.4 Å². The zero-order chi connectivity index (χ0) is 17.3. The Kier molecular flexibility index (Phi) is 6.48. The van der Waals surface area contributed by atoms with Gasteiger partial charge in [-0.15, -0.1) is 0 Å². The molecular weight excluding hydrogens is 316 g/mol. The highest BCUT2D eigenvalue weighted by molar-refractivity contribution is 5.79. The van der Waals surface area contributed by atoms with Crippen LogP contribution < -0.4 is 10.6 Å². The van der Waals surface area contributed by atoms with Crippen molar-refractivity contribution in [2.24, 2.45) is 18.0 Å². The summed E-state index contributed by atoms with van der Waals surface area (Å²) in [7, 11) is 1.89. The van der Waals surface area contributed by atoms with Crippen molar-refractivity contribution in [3.8, 4) is 0 Å². The molecule has 25 heavy (non-hydrogen) atoms. The first kappa shape index (κ1) is 17.5. The van der Waals surface area contributed by atoms with Gasteiger partial charge in [0.05, 0.1) is 6.26 Å². The standard InChI is InChI=1S/C18H28N6O/c1-24-17(22-14-23-24)13-21-18(19-10-9-16-8-5-11-25-16)20-12-15-6-3-2-4-7-15/h5,8,11,14-15H,2-4,6-7,9-10,12-13H2,1H3,(H2,19,20,21). The van der Waals surface area contributed by atoms with Gasteiger partial charge in [-0.25, -0.2) is 9.98 Å². The van der Waals surface area contributed by atoms with Crippen LogP contribution in [0.4, 0.5) is 0 Å². The SMILES string of the molecule is Cn1ncnc1CN=C(NCCc1ccco1)NCC1CCCCC1. The maximum Gasteiger partial charge on any atom is 0.191 e. The van der Waals surface area contributed by atoms with Crippen LogP contribution in [0.25, 0.3) is 0 Å². The largest absolute Gasteiger partial charge is 0.469 e. The number of nitrogens with zero attached hydrogens (tertiary/aromatic N) is 4. The van der Waals surface area contributed by atoms with Gasteiger partial charge in [0.15, 0.2) is 5.96 Å². The molecule has 0 amide bonds. The molecule has 1 aliphatic carbocycles. The Hall–Kier alpha value is -2.31. The minimum atomic E-state index is 0.511. The van der Waals surface area contributed by atoms with Gasteiger partial charge in [0.2, 0.25) is 0 Å². The number of furan rings is 1. The minimum Gasteiger partial charge on any atom is -0.469 e. The van der Waals surface area contributed by atoms with Crippen LogP contribution in [-0.4, -0.2) is 33.8 Å². The Morgan fingerprint density at radius 2 is 2.20 bits per heavy atom. The average Bonchev–Trinajstić information content (AvgIpc) is 3.29. The summed E-state index contributed by atoms with van der Waals surface area (Å²) < 4.78 is 7.14. The fraction of sp³-hybridized carbons (Fsp3) is 0.611. The second-order valence-electron chi connectivity index (χ2n) is 6.61. The zero-order valence-corrected chi connectivity index (χ0v) is 14.9. The lowest BCUT2D eigenvalue weighted by molar-refractivity contribution is 0.355. The lowest BCUT2D eigenvalue weighted by Crippen LogP contribution is -2.41. The van der Waals surface area contributed by atoms with Gasteiger partial charge in [0.1, 0.15) is 24.5 Å². The number of hydrogen-bond acceptors (Lipinski definition) is 4. The topological polar surface area (TPSA) is 80.3 Å². The molecule has 1 saturated carbocycles. The van der Waals surface area contributed by atoms with Gasteiger partial charge in [0, 0.05) is 26.6 Å². The van der Waals surface area contributed by atoms with Crippen LogP contribution >= 0.6 is 0 Å². The van der Waals surface area contributed by atoms with E-state index in [0.29, 0.717) is 6.54 Å². The van der Waals surface area contributed by atoms with Crippen LogP contribution in [0.15, 0.2) is 34.1 Å². The molecule has 1 aliphatic rings. The summed E-state index contributed by atoms with van der Waals surface area (Å²) in [5.41, 5.74) is 0. The van der Waals surface area contributed by atoms with E-state index in [2.05, 4.69) is 25.7 Å². The van der Waals surface area contributed by atoms with E-state index in [1.54, 1.807) is 17.3 Å². The van der Waals surface area contributed by atoms with Gasteiger partial charge >= 0.3 is 0 Å². The minimum absolute atomic E-state index is 0.511. The second kappa shape index (κ2) is 9.25. The number of nitrogens with one attached hydrogen (secondary N) is 2. The van der Waals surface area contributed by atoms with Crippen LogP contribution in [0.2, 0.25) is 0 Å². The van der Waals surface area contributed by atoms with Crippen molar-refractivity contribution in [2.75, 3.05) is 13.1 Å². The number of aryl methyl sites for hydroxylation is 1. The maximum absolute atomic E-state index is 5.38. The number of aliphatic imine (C=N–C) groups is 1. The van der Waals surface area contributed by atoms with Gasteiger partial charge in [-0.1, -0.05) is 19.3 Å². The highest BCUT2D eigenvalue weighted by atomic mass is 16.3. The van der Waals surface area contributed by atoms with Crippen LogP contribution in [0, 0.1) is 5.92 Å². The van der Waals surface area contributed by atoms with Crippen molar-refractivity contribution >= 4 is 5.96 Å². The highest BCUT2D eigenvalue weighted by Gasteiger charge is 2.13. The third kappa shape index (κ3) is 5.62. The number of guanidine groups is 1. The molecule has 0 aromatic carbocycles. The van der Waals surface area contributed by atoms with E-state index in [1.165, 1.54) is 32.1 Å². The van der Waals surface area contributed by atoms with E-state index in [4.69, 9.17) is 4.42 Å². The van der Waals surface area contributed by atoms with Crippen molar-refractivity contribution in [3.63, 3.8) is 0 Å². The Morgan fingerprint density at radius 3 is 2.92 bits per heavy atom. The first-order chi connectivity index (χ1) is 12.3. The number of aromatic nitrogens is 3. The Balaban J connectivity index is 1.52. The fourth-order valence-electron chi connectivity index (χ4n) is 3.18. The third-order valence-electron chi connectivity index (χ3n) is 4.71. The summed E-state index contributed by atoms with van der Waals surface area (Å²) in [4.78, 5) is 8.90. The van der Waals surface area contributed by atoms with Gasteiger partial charge in [0.25, 0.3) is 0 Å². The molecule has 0 unspecified atom stereocenters. The normalized spacial score (nSPS) is 16.1. The molecule has 0 atom stereocenters. The molecule has 0 spiro atoms. The molecule has 2 aromatic heterocycles. The predicted molar refractivity (Wildman–Crippen MR) is 97.1 cm³/mol. The third-order valence-corrected chi connectivity index (χ3v) is 4.71. The summed E-state index contributed by atoms with van der Waals surface area (Å²) in [6.45, 7) is 2.27. The summed E-state index contributed by atoms with van der Waals surface area (Å²) in [5.74, 6) is 3.41. The van der Waals surface area contributed by atoms with E-state index in [0.717, 1.165) is 43.0 Å². The Labute approximate surface area is 148 Å². The fourth-order valence-corrected chi connectivity index (χ4v) is 3.18. The van der Waals surface area contributed by atoms with Crippen LogP contribution in [0.3, 0.4) is 0 Å². The quantitative estimate of drug-likeness (QED) is 0.595. The Morgan fingerprint density at radius 1 is 1.32 bits per heavy atom. The molecule has 7 nitrogen and oxygen atoms in total. The van der Waals surface area contributed by atoms with Gasteiger partial charge < -0.3 is 15.1 Å². The molecule has 0 aliphatic heterocycles. The van der Waals surface area contributed by atoms with Crippen molar-refractivity contribution in [3.05, 3.63) is 36.3 Å². The van der Waals surface area contributed by atoms with Crippen molar-refractivity contribution in [1.29, 1.82) is 0 Å². The van der Waals surface area contributed by atoms with E-state index >= 15 is 0 Å². The van der Waals surface area contributed by atoms with Crippen molar-refractivity contribution < 1.29 is 4.42 Å². The van der Waals surface area contributed by atoms with Crippen molar-refractivity contribution in [2.45, 2.75) is 45.1 Å².